The summed E-state index contributed by atoms with van der Waals surface area (Å²) in [4.78, 5) is 43.0. The van der Waals surface area contributed by atoms with Crippen molar-refractivity contribution in [3.05, 3.63) is 57.8 Å². The average Bonchev–Trinajstić information content (AvgIpc) is 2.87. The van der Waals surface area contributed by atoms with Gasteiger partial charge in [-0.25, -0.2) is 4.99 Å². The molecule has 0 heterocycles. The van der Waals surface area contributed by atoms with E-state index in [0.29, 0.717) is 45.2 Å². The second-order valence-corrected chi connectivity index (χ2v) is 9.70. The number of Topliss-reactive ketones (excluding diaryl/α,β-unsaturated/α-hetero) is 3. The summed E-state index contributed by atoms with van der Waals surface area (Å²) < 4.78 is 0. The van der Waals surface area contributed by atoms with E-state index in [0.717, 1.165) is 5.92 Å². The molecule has 0 N–H and O–H groups in total. The van der Waals surface area contributed by atoms with Crippen LogP contribution in [0.25, 0.3) is 10.8 Å². The summed E-state index contributed by atoms with van der Waals surface area (Å²) in [6.45, 7) is 16.6. The number of carbonyl (C=O) groups is 3. The molecule has 0 aliphatic heterocycles. The van der Waals surface area contributed by atoms with E-state index in [9.17, 15) is 24.9 Å². The number of aliphatic imine (C=N–C) groups is 1. The number of nitriles is 2. The highest BCUT2D eigenvalue weighted by Crippen LogP contribution is 2.33. The van der Waals surface area contributed by atoms with Crippen molar-refractivity contribution in [1.29, 1.82) is 10.5 Å². The smallest absolute Gasteiger partial charge is 0.166 e. The second kappa shape index (κ2) is 14.0. The zero-order chi connectivity index (χ0) is 28.4. The molecule has 2 aromatic rings. The summed E-state index contributed by atoms with van der Waals surface area (Å²) in [6.07, 6.45) is 0.874. The second-order valence-electron chi connectivity index (χ2n) is 9.70. The van der Waals surface area contributed by atoms with Crippen molar-refractivity contribution >= 4 is 33.8 Å². The molecule has 2 aromatic carbocycles. The van der Waals surface area contributed by atoms with Crippen molar-refractivity contribution in [2.45, 2.75) is 75.2 Å². The Balaban J connectivity index is 0.00000159. The van der Waals surface area contributed by atoms with Crippen LogP contribution >= 0.6 is 0 Å². The third kappa shape index (κ3) is 7.54. The lowest BCUT2D eigenvalue weighted by atomic mass is 9.84. The van der Waals surface area contributed by atoms with E-state index >= 15 is 0 Å². The molecule has 194 valence electrons. The number of hydrogen-bond donors (Lipinski definition) is 0. The third-order valence-corrected chi connectivity index (χ3v) is 5.79. The van der Waals surface area contributed by atoms with Crippen molar-refractivity contribution < 1.29 is 14.4 Å². The Labute approximate surface area is 220 Å². The number of ketones is 3. The lowest BCUT2D eigenvalue weighted by Gasteiger charge is -2.18. The summed E-state index contributed by atoms with van der Waals surface area (Å²) in [5.74, 6) is 0.103. The molecule has 0 bridgehead atoms. The fourth-order valence-corrected chi connectivity index (χ4v) is 3.64. The average molecular weight is 500 g/mol. The van der Waals surface area contributed by atoms with E-state index in [-0.39, 0.29) is 41.0 Å². The number of carbonyl (C=O) groups excluding carboxylic acids is 3. The van der Waals surface area contributed by atoms with Crippen LogP contribution in [-0.2, 0) is 0 Å². The van der Waals surface area contributed by atoms with Gasteiger partial charge in [0.1, 0.15) is 6.07 Å². The molecule has 6 heteroatoms. The minimum Gasteiger partial charge on any atom is -0.294 e. The number of hydrogen-bond acceptors (Lipinski definition) is 6. The molecule has 0 saturated heterocycles. The molecule has 6 nitrogen and oxygen atoms in total. The van der Waals surface area contributed by atoms with Crippen LogP contribution < -0.4 is 0 Å². The largest absolute Gasteiger partial charge is 0.294 e. The summed E-state index contributed by atoms with van der Waals surface area (Å²) >= 11 is 0. The predicted molar refractivity (Wildman–Crippen MR) is 149 cm³/mol. The number of fused-ring (bicyclic) bond motifs is 1. The first-order valence-electron chi connectivity index (χ1n) is 12.6. The molecule has 0 aromatic heterocycles. The lowest BCUT2D eigenvalue weighted by molar-refractivity contribution is 0.0926. The minimum atomic E-state index is -0.262. The number of rotatable bonds is 8. The maximum Gasteiger partial charge on any atom is 0.166 e. The van der Waals surface area contributed by atoms with E-state index in [2.05, 4.69) is 25.8 Å². The van der Waals surface area contributed by atoms with Gasteiger partial charge >= 0.3 is 0 Å². The van der Waals surface area contributed by atoms with E-state index in [1.54, 1.807) is 38.1 Å². The summed E-state index contributed by atoms with van der Waals surface area (Å²) in [5.41, 5.74) is 2.19. The van der Waals surface area contributed by atoms with Crippen molar-refractivity contribution in [2.24, 2.45) is 16.8 Å². The highest BCUT2D eigenvalue weighted by atomic mass is 16.1. The highest BCUT2D eigenvalue weighted by molar-refractivity contribution is 6.25. The zero-order valence-corrected chi connectivity index (χ0v) is 23.4. The first kappa shape index (κ1) is 31.1. The number of benzene rings is 2. The summed E-state index contributed by atoms with van der Waals surface area (Å²) in [6, 6.07) is 10.4. The van der Waals surface area contributed by atoms with Gasteiger partial charge in [0, 0.05) is 51.1 Å². The van der Waals surface area contributed by atoms with Gasteiger partial charge in [-0.1, -0.05) is 65.8 Å². The van der Waals surface area contributed by atoms with Crippen LogP contribution in [0.15, 0.2) is 40.5 Å². The van der Waals surface area contributed by atoms with Gasteiger partial charge < -0.3 is 0 Å². The van der Waals surface area contributed by atoms with E-state index in [1.807, 2.05) is 26.0 Å². The van der Waals surface area contributed by atoms with Gasteiger partial charge in [0.2, 0.25) is 0 Å². The molecule has 2 rings (SSSR count). The molecule has 0 spiro atoms. The fourth-order valence-electron chi connectivity index (χ4n) is 3.64. The van der Waals surface area contributed by atoms with Crippen LogP contribution in [0.4, 0.5) is 0 Å². The van der Waals surface area contributed by atoms with Crippen molar-refractivity contribution in [1.82, 2.24) is 0 Å². The third-order valence-electron chi connectivity index (χ3n) is 5.79. The van der Waals surface area contributed by atoms with E-state index in [4.69, 9.17) is 0 Å². The molecule has 0 radical (unpaired) electrons. The Morgan fingerprint density at radius 2 is 1.30 bits per heavy atom. The molecular formula is C31H37N3O3. The Morgan fingerprint density at radius 1 is 0.811 bits per heavy atom. The topological polar surface area (TPSA) is 111 Å². The van der Waals surface area contributed by atoms with Crippen LogP contribution in [0.2, 0.25) is 0 Å². The van der Waals surface area contributed by atoms with Gasteiger partial charge in [0.15, 0.2) is 23.0 Å². The first-order valence-corrected chi connectivity index (χ1v) is 12.6. The van der Waals surface area contributed by atoms with Gasteiger partial charge in [-0.3, -0.25) is 14.4 Å². The minimum absolute atomic E-state index is 0.0330. The first-order chi connectivity index (χ1) is 17.4. The van der Waals surface area contributed by atoms with Gasteiger partial charge in [0.05, 0.1) is 11.6 Å². The Hall–Kier alpha value is -3.90. The van der Waals surface area contributed by atoms with Crippen molar-refractivity contribution in [2.75, 3.05) is 0 Å². The standard InChI is InChI=1S/C27H27N3O3.C4H10/c1-7-15(3)27(33)22-12-11-21(24(32)8-2)26-20(18(6)31)10-9-19(25(22)26)17(5)30-23(14-29)16(4)13-28;1-4(2)3/h9-12,15H,7-8H2,1-6H3;4H,1-3H3/b23-16+,30-17?;. The quantitative estimate of drug-likeness (QED) is 0.210. The van der Waals surface area contributed by atoms with Gasteiger partial charge in [-0.05, 0) is 33.1 Å². The number of nitrogens with zero attached hydrogens (tertiary/aromatic N) is 3. The van der Waals surface area contributed by atoms with Crippen LogP contribution in [0, 0.1) is 34.5 Å². The summed E-state index contributed by atoms with van der Waals surface area (Å²) in [5, 5.41) is 19.5. The monoisotopic (exact) mass is 499 g/mol. The Kier molecular flexibility index (Phi) is 11.8. The zero-order valence-electron chi connectivity index (χ0n) is 23.4. The van der Waals surface area contributed by atoms with E-state index < -0.39 is 0 Å². The van der Waals surface area contributed by atoms with Gasteiger partial charge in [0.25, 0.3) is 0 Å². The summed E-state index contributed by atoms with van der Waals surface area (Å²) in [7, 11) is 0. The Bertz CT molecular complexity index is 1350. The van der Waals surface area contributed by atoms with Crippen LogP contribution in [0.5, 0.6) is 0 Å². The predicted octanol–water partition coefficient (Wildman–Crippen LogP) is 7.66. The van der Waals surface area contributed by atoms with E-state index in [1.165, 1.54) is 13.8 Å². The molecule has 0 fully saturated rings. The molecule has 1 unspecified atom stereocenters. The van der Waals surface area contributed by atoms with Crippen LogP contribution in [0.1, 0.15) is 112 Å². The molecule has 1 atom stereocenters. The van der Waals surface area contributed by atoms with Crippen molar-refractivity contribution in [3.8, 4) is 12.1 Å². The normalized spacial score (nSPS) is 12.6. The molecular weight excluding hydrogens is 462 g/mol. The molecule has 0 aliphatic rings. The maximum atomic E-state index is 13.3. The fraction of sp³-hybridized carbons (Fsp3) is 0.419. The number of allylic oxidation sites excluding steroid dienone is 2. The van der Waals surface area contributed by atoms with Gasteiger partial charge in [-0.2, -0.15) is 10.5 Å². The van der Waals surface area contributed by atoms with Crippen molar-refractivity contribution in [3.63, 3.8) is 0 Å². The Morgan fingerprint density at radius 3 is 1.76 bits per heavy atom. The molecule has 0 saturated carbocycles. The maximum absolute atomic E-state index is 13.3. The van der Waals surface area contributed by atoms with Crippen LogP contribution in [0.3, 0.4) is 0 Å². The highest BCUT2D eigenvalue weighted by Gasteiger charge is 2.24. The molecule has 37 heavy (non-hydrogen) atoms. The molecule has 0 amide bonds. The van der Waals surface area contributed by atoms with Gasteiger partial charge in [-0.15, -0.1) is 0 Å². The lowest BCUT2D eigenvalue weighted by Crippen LogP contribution is -2.15. The van der Waals surface area contributed by atoms with Crippen LogP contribution in [-0.4, -0.2) is 23.1 Å². The SMILES string of the molecule is CC(C)C.CCC(=O)c1ccc(C(=O)C(C)CC)c2c(C(C)=N/C(C#N)=C(\C)C#N)ccc(C(C)=O)c12. The molecule has 0 aliphatic carbocycles.